The maximum Gasteiger partial charge on any atom is 0.145 e. The summed E-state index contributed by atoms with van der Waals surface area (Å²) in [5, 5.41) is 16.0. The fourth-order valence-electron chi connectivity index (χ4n) is 10.9. The zero-order valence-electron chi connectivity index (χ0n) is 34.7. The van der Waals surface area contributed by atoms with Gasteiger partial charge < -0.3 is 9.88 Å². The van der Waals surface area contributed by atoms with Crippen LogP contribution < -0.4 is 5.32 Å². The van der Waals surface area contributed by atoms with E-state index in [9.17, 15) is 5.26 Å². The van der Waals surface area contributed by atoms with Crippen LogP contribution in [-0.4, -0.2) is 10.3 Å². The molecular weight excluding hydrogens is 777 g/mol. The quantitative estimate of drug-likeness (QED) is 0.188. The van der Waals surface area contributed by atoms with Crippen molar-refractivity contribution < 1.29 is 0 Å². The molecule has 9 aromatic carbocycles. The van der Waals surface area contributed by atoms with Crippen molar-refractivity contribution in [2.75, 3.05) is 0 Å². The summed E-state index contributed by atoms with van der Waals surface area (Å²) in [5.74, 6) is 0. The molecule has 1 aromatic heterocycles. The van der Waals surface area contributed by atoms with Crippen LogP contribution in [0.15, 0.2) is 223 Å². The fourth-order valence-corrected chi connectivity index (χ4v) is 10.9. The number of hydrogen-bond acceptors (Lipinski definition) is 3. The first-order chi connectivity index (χ1) is 31.7. The van der Waals surface area contributed by atoms with Crippen molar-refractivity contribution in [3.8, 4) is 45.1 Å². The van der Waals surface area contributed by atoms with E-state index in [0.717, 1.165) is 50.4 Å². The minimum Gasteiger partial charge on any atom is -0.360 e. The zero-order chi connectivity index (χ0) is 42.4. The van der Waals surface area contributed by atoms with Crippen LogP contribution in [0, 0.1) is 11.3 Å². The van der Waals surface area contributed by atoms with Gasteiger partial charge in [0.05, 0.1) is 39.5 Å². The van der Waals surface area contributed by atoms with Crippen molar-refractivity contribution in [3.05, 3.63) is 263 Å². The topological polar surface area (TPSA) is 53.1 Å². The van der Waals surface area contributed by atoms with Crippen molar-refractivity contribution in [2.45, 2.75) is 11.6 Å². The van der Waals surface area contributed by atoms with Crippen LogP contribution in [0.5, 0.6) is 0 Å². The van der Waals surface area contributed by atoms with Crippen molar-refractivity contribution in [1.82, 2.24) is 9.88 Å². The second-order valence-corrected chi connectivity index (χ2v) is 17.0. The molecule has 3 heterocycles. The SMILES string of the molecule is N#Cc1cccc(-c2cccc(C3=NC(c4cccc(-c5ccc6c(c5)C5(c7ccccc7-c7ccccc75)c5cccc7c8ccccc8n-6c57)c4)NC(c4ccccc4)=C3)c2)c1. The molecule has 0 amide bonds. The van der Waals surface area contributed by atoms with Gasteiger partial charge in [0.2, 0.25) is 0 Å². The highest BCUT2D eigenvalue weighted by atomic mass is 15.1. The molecule has 10 aromatic rings. The van der Waals surface area contributed by atoms with Crippen molar-refractivity contribution in [1.29, 1.82) is 5.26 Å². The van der Waals surface area contributed by atoms with E-state index in [2.05, 4.69) is 210 Å². The van der Waals surface area contributed by atoms with Crippen LogP contribution in [0.2, 0.25) is 0 Å². The van der Waals surface area contributed by atoms with Gasteiger partial charge in [0.25, 0.3) is 0 Å². The summed E-state index contributed by atoms with van der Waals surface area (Å²) in [7, 11) is 0. The monoisotopic (exact) mass is 814 g/mol. The molecule has 1 spiro atoms. The van der Waals surface area contributed by atoms with Crippen molar-refractivity contribution >= 4 is 33.2 Å². The third-order valence-electron chi connectivity index (χ3n) is 13.6. The second-order valence-electron chi connectivity index (χ2n) is 17.0. The highest BCUT2D eigenvalue weighted by molar-refractivity contribution is 6.14. The van der Waals surface area contributed by atoms with Gasteiger partial charge in [0, 0.05) is 22.0 Å². The van der Waals surface area contributed by atoms with Crippen molar-refractivity contribution in [3.63, 3.8) is 0 Å². The average Bonchev–Trinajstić information content (AvgIpc) is 3.87. The predicted octanol–water partition coefficient (Wildman–Crippen LogP) is 13.8. The summed E-state index contributed by atoms with van der Waals surface area (Å²) < 4.78 is 2.51. The Kier molecular flexibility index (Phi) is 7.91. The molecule has 64 heavy (non-hydrogen) atoms. The van der Waals surface area contributed by atoms with E-state index in [1.165, 1.54) is 60.9 Å². The molecule has 0 radical (unpaired) electrons. The molecule has 0 bridgehead atoms. The van der Waals surface area contributed by atoms with Gasteiger partial charge in [-0.15, -0.1) is 0 Å². The second kappa shape index (κ2) is 14.0. The third-order valence-corrected chi connectivity index (χ3v) is 13.6. The normalized spacial score (nSPS) is 15.1. The van der Waals surface area contributed by atoms with Gasteiger partial charge in [-0.1, -0.05) is 170 Å². The lowest BCUT2D eigenvalue weighted by Crippen LogP contribution is -2.33. The molecule has 1 atom stereocenters. The Morgan fingerprint density at radius 3 is 1.91 bits per heavy atom. The lowest BCUT2D eigenvalue weighted by atomic mass is 9.65. The number of benzene rings is 9. The predicted molar refractivity (Wildman–Crippen MR) is 261 cm³/mol. The Morgan fingerprint density at radius 2 is 1.09 bits per heavy atom. The lowest BCUT2D eigenvalue weighted by Gasteiger charge is -2.40. The summed E-state index contributed by atoms with van der Waals surface area (Å²) in [5.41, 5.74) is 21.0. The van der Waals surface area contributed by atoms with E-state index in [0.29, 0.717) is 5.56 Å². The van der Waals surface area contributed by atoms with E-state index < -0.39 is 5.41 Å². The van der Waals surface area contributed by atoms with E-state index >= 15 is 0 Å². The molecule has 0 fully saturated rings. The Labute approximate surface area is 371 Å². The number of hydrogen-bond donors (Lipinski definition) is 1. The number of nitrogens with one attached hydrogen (secondary N) is 1. The molecule has 298 valence electrons. The van der Waals surface area contributed by atoms with Crippen LogP contribution in [0.3, 0.4) is 0 Å². The standard InChI is InChI=1S/C60H38N4/c61-37-38-14-10-17-40(32-38)41-18-11-20-44(33-41)55-36-54(39-15-2-1-3-16-39)62-59(63-55)45-21-12-19-42(34-45)43-30-31-57-53(35-43)60(50-26-7-4-22-46(50)47-23-5-8-27-51(47)60)52-28-13-25-49-48-24-6-9-29-56(48)64(57)58(49)52/h1-36,59,62H. The highest BCUT2D eigenvalue weighted by Gasteiger charge is 2.50. The number of aromatic nitrogens is 1. The molecule has 0 saturated carbocycles. The van der Waals surface area contributed by atoms with Crippen LogP contribution in [-0.2, 0) is 5.41 Å². The first kappa shape index (κ1) is 36.2. The van der Waals surface area contributed by atoms with Crippen LogP contribution in [0.4, 0.5) is 0 Å². The molecule has 0 saturated heterocycles. The first-order valence-electron chi connectivity index (χ1n) is 21.9. The van der Waals surface area contributed by atoms with Gasteiger partial charge in [0.15, 0.2) is 0 Å². The van der Waals surface area contributed by atoms with Gasteiger partial charge in [-0.05, 0) is 115 Å². The maximum absolute atomic E-state index is 9.61. The zero-order valence-corrected chi connectivity index (χ0v) is 34.7. The number of fused-ring (bicyclic) bond motifs is 12. The number of para-hydroxylation sites is 2. The summed E-state index contributed by atoms with van der Waals surface area (Å²) in [6.45, 7) is 0. The Balaban J connectivity index is 0.982. The third kappa shape index (κ3) is 5.25. The highest BCUT2D eigenvalue weighted by Crippen LogP contribution is 2.61. The van der Waals surface area contributed by atoms with Crippen molar-refractivity contribution in [2.24, 2.45) is 4.99 Å². The smallest absolute Gasteiger partial charge is 0.145 e. The van der Waals surface area contributed by atoms with Crippen LogP contribution in [0.1, 0.15) is 50.7 Å². The summed E-state index contributed by atoms with van der Waals surface area (Å²) in [6, 6.07) is 78.8. The Hall–Kier alpha value is -8.52. The molecule has 1 aliphatic carbocycles. The lowest BCUT2D eigenvalue weighted by molar-refractivity contribution is 0.664. The molecule has 2 aliphatic heterocycles. The molecule has 1 N–H and O–H groups in total. The number of aliphatic imine (C=N–C) groups is 1. The van der Waals surface area contributed by atoms with Crippen LogP contribution >= 0.6 is 0 Å². The fraction of sp³-hybridized carbons (Fsp3) is 0.0333. The van der Waals surface area contributed by atoms with E-state index in [1.807, 2.05) is 24.3 Å². The molecular formula is C60H38N4. The maximum atomic E-state index is 9.61. The van der Waals surface area contributed by atoms with E-state index in [4.69, 9.17) is 4.99 Å². The molecule has 3 aliphatic rings. The average molecular weight is 815 g/mol. The Morgan fingerprint density at radius 1 is 0.484 bits per heavy atom. The molecule has 4 nitrogen and oxygen atoms in total. The number of nitriles is 1. The van der Waals surface area contributed by atoms with Gasteiger partial charge in [0.1, 0.15) is 6.17 Å². The summed E-state index contributed by atoms with van der Waals surface area (Å²) >= 11 is 0. The first-order valence-corrected chi connectivity index (χ1v) is 21.9. The number of allylic oxidation sites excluding steroid dienone is 1. The van der Waals surface area contributed by atoms with Gasteiger partial charge >= 0.3 is 0 Å². The van der Waals surface area contributed by atoms with E-state index in [1.54, 1.807) is 0 Å². The minimum absolute atomic E-state index is 0.343. The van der Waals surface area contributed by atoms with Gasteiger partial charge in [-0.2, -0.15) is 5.26 Å². The van der Waals surface area contributed by atoms with Gasteiger partial charge in [-0.3, -0.25) is 4.99 Å². The summed E-state index contributed by atoms with van der Waals surface area (Å²) in [6.07, 6.45) is 1.81. The molecule has 13 rings (SSSR count). The number of nitrogens with zero attached hydrogens (tertiary/aromatic N) is 3. The molecule has 4 heteroatoms. The minimum atomic E-state index is -0.524. The summed E-state index contributed by atoms with van der Waals surface area (Å²) in [4.78, 5) is 5.42. The number of rotatable bonds is 5. The Bertz CT molecular complexity index is 3630. The molecule has 1 unspecified atom stereocenters. The van der Waals surface area contributed by atoms with E-state index in [-0.39, 0.29) is 6.17 Å². The largest absolute Gasteiger partial charge is 0.360 e. The van der Waals surface area contributed by atoms with Crippen LogP contribution in [0.25, 0.3) is 66.6 Å². The van der Waals surface area contributed by atoms with Gasteiger partial charge in [-0.25, -0.2) is 0 Å².